The molecular weight excluding hydrogens is 306 g/mol. The number of nitrogens with one attached hydrogen (secondary N) is 1. The average Bonchev–Trinajstić information content (AvgIpc) is 2.97. The van der Waals surface area contributed by atoms with Gasteiger partial charge in [0.25, 0.3) is 0 Å². The van der Waals surface area contributed by atoms with Crippen LogP contribution in [-0.4, -0.2) is 34.2 Å². The molecular formula is C15H16F2N4O2. The van der Waals surface area contributed by atoms with Crippen LogP contribution in [0.5, 0.6) is 0 Å². The molecule has 3 rings (SSSR count). The predicted octanol–water partition coefficient (Wildman–Crippen LogP) is 3.07. The number of halogens is 2. The van der Waals surface area contributed by atoms with Gasteiger partial charge in [-0.05, 0) is 31.9 Å². The first-order valence-electron chi connectivity index (χ1n) is 7.34. The number of aromatic nitrogens is 2. The minimum Gasteiger partial charge on any atom is -0.339 e. The van der Waals surface area contributed by atoms with Crippen molar-refractivity contribution < 1.29 is 18.1 Å². The quantitative estimate of drug-likeness (QED) is 0.922. The molecule has 122 valence electrons. The molecule has 0 bridgehead atoms. The summed E-state index contributed by atoms with van der Waals surface area (Å²) in [6.07, 6.45) is 1.36. The zero-order valence-electron chi connectivity index (χ0n) is 12.6. The van der Waals surface area contributed by atoms with Crippen molar-refractivity contribution in [1.82, 2.24) is 15.0 Å². The molecule has 1 N–H and O–H groups in total. The minimum absolute atomic E-state index is 0.117. The molecule has 2 aromatic rings. The Bertz CT molecular complexity index is 711. The number of benzene rings is 1. The van der Waals surface area contributed by atoms with E-state index in [2.05, 4.69) is 15.5 Å². The first-order valence-corrected chi connectivity index (χ1v) is 7.34. The molecule has 1 fully saturated rings. The maximum atomic E-state index is 13.6. The number of anilines is 1. The molecule has 1 aromatic heterocycles. The molecule has 2 amide bonds. The molecule has 1 aromatic carbocycles. The van der Waals surface area contributed by atoms with E-state index < -0.39 is 17.7 Å². The lowest BCUT2D eigenvalue weighted by molar-refractivity contribution is 0.187. The number of nitrogens with zero attached hydrogens (tertiary/aromatic N) is 3. The molecule has 0 unspecified atom stereocenters. The molecule has 2 heterocycles. The van der Waals surface area contributed by atoms with Crippen LogP contribution in [0.25, 0.3) is 0 Å². The van der Waals surface area contributed by atoms with Gasteiger partial charge in [-0.3, -0.25) is 0 Å². The van der Waals surface area contributed by atoms with Gasteiger partial charge in [0.2, 0.25) is 5.89 Å². The summed E-state index contributed by atoms with van der Waals surface area (Å²) in [7, 11) is 0. The maximum Gasteiger partial charge on any atom is 0.321 e. The van der Waals surface area contributed by atoms with Gasteiger partial charge in [0, 0.05) is 25.1 Å². The largest absolute Gasteiger partial charge is 0.339 e. The fourth-order valence-corrected chi connectivity index (χ4v) is 2.60. The summed E-state index contributed by atoms with van der Waals surface area (Å²) >= 11 is 0. The zero-order chi connectivity index (χ0) is 16.4. The number of urea groups is 1. The number of aryl methyl sites for hydroxylation is 1. The van der Waals surface area contributed by atoms with Crippen LogP contribution in [0.4, 0.5) is 19.3 Å². The van der Waals surface area contributed by atoms with Crippen molar-refractivity contribution >= 4 is 11.7 Å². The Morgan fingerprint density at radius 2 is 2.09 bits per heavy atom. The SMILES string of the molecule is Cc1noc(C2CCN(C(=O)Nc3cc(F)ccc3F)CC2)n1. The van der Waals surface area contributed by atoms with Crippen LogP contribution in [-0.2, 0) is 0 Å². The van der Waals surface area contributed by atoms with Gasteiger partial charge < -0.3 is 14.7 Å². The minimum atomic E-state index is -0.670. The third kappa shape index (κ3) is 3.46. The van der Waals surface area contributed by atoms with E-state index in [0.717, 1.165) is 18.2 Å². The highest BCUT2D eigenvalue weighted by molar-refractivity contribution is 5.89. The second-order valence-electron chi connectivity index (χ2n) is 5.50. The summed E-state index contributed by atoms with van der Waals surface area (Å²) in [6.45, 7) is 2.72. The highest BCUT2D eigenvalue weighted by atomic mass is 19.1. The predicted molar refractivity (Wildman–Crippen MR) is 78.0 cm³/mol. The Balaban J connectivity index is 1.59. The Hall–Kier alpha value is -2.51. The number of amides is 2. The summed E-state index contributed by atoms with van der Waals surface area (Å²) in [5, 5.41) is 6.16. The van der Waals surface area contributed by atoms with Gasteiger partial charge in [0.1, 0.15) is 11.6 Å². The first-order chi connectivity index (χ1) is 11.0. The number of likely N-dealkylation sites (tertiary alicyclic amines) is 1. The van der Waals surface area contributed by atoms with E-state index in [-0.39, 0.29) is 11.6 Å². The van der Waals surface area contributed by atoms with Gasteiger partial charge in [0.15, 0.2) is 5.82 Å². The molecule has 0 atom stereocenters. The molecule has 1 aliphatic rings. The lowest BCUT2D eigenvalue weighted by atomic mass is 9.97. The Morgan fingerprint density at radius 3 is 2.74 bits per heavy atom. The van der Waals surface area contributed by atoms with Gasteiger partial charge in [-0.15, -0.1) is 0 Å². The maximum absolute atomic E-state index is 13.6. The fourth-order valence-electron chi connectivity index (χ4n) is 2.60. The van der Waals surface area contributed by atoms with Crippen LogP contribution < -0.4 is 5.32 Å². The Morgan fingerprint density at radius 1 is 1.35 bits per heavy atom. The molecule has 8 heteroatoms. The monoisotopic (exact) mass is 322 g/mol. The molecule has 0 spiro atoms. The second kappa shape index (κ2) is 6.31. The fraction of sp³-hybridized carbons (Fsp3) is 0.400. The van der Waals surface area contributed by atoms with Crippen LogP contribution in [0.3, 0.4) is 0 Å². The van der Waals surface area contributed by atoms with Crippen molar-refractivity contribution in [2.24, 2.45) is 0 Å². The molecule has 0 radical (unpaired) electrons. The van der Waals surface area contributed by atoms with E-state index >= 15 is 0 Å². The van der Waals surface area contributed by atoms with E-state index in [0.29, 0.717) is 37.6 Å². The van der Waals surface area contributed by atoms with Crippen molar-refractivity contribution in [1.29, 1.82) is 0 Å². The van der Waals surface area contributed by atoms with Gasteiger partial charge in [-0.2, -0.15) is 4.98 Å². The van der Waals surface area contributed by atoms with E-state index in [9.17, 15) is 13.6 Å². The van der Waals surface area contributed by atoms with Crippen molar-refractivity contribution in [2.45, 2.75) is 25.7 Å². The van der Waals surface area contributed by atoms with Crippen molar-refractivity contribution in [2.75, 3.05) is 18.4 Å². The van der Waals surface area contributed by atoms with Gasteiger partial charge in [0.05, 0.1) is 5.69 Å². The molecule has 0 saturated carbocycles. The first kappa shape index (κ1) is 15.4. The number of hydrogen-bond acceptors (Lipinski definition) is 4. The van der Waals surface area contributed by atoms with Gasteiger partial charge in [-0.1, -0.05) is 5.16 Å². The van der Waals surface area contributed by atoms with E-state index in [1.54, 1.807) is 11.8 Å². The van der Waals surface area contributed by atoms with Crippen molar-refractivity contribution in [3.63, 3.8) is 0 Å². The molecule has 1 saturated heterocycles. The normalized spacial score (nSPS) is 15.7. The lowest BCUT2D eigenvalue weighted by Crippen LogP contribution is -2.40. The number of rotatable bonds is 2. The third-order valence-electron chi connectivity index (χ3n) is 3.84. The van der Waals surface area contributed by atoms with Crippen LogP contribution in [0.1, 0.15) is 30.5 Å². The Kier molecular flexibility index (Phi) is 4.22. The number of carbonyl (C=O) groups excluding carboxylic acids is 1. The zero-order valence-corrected chi connectivity index (χ0v) is 12.6. The van der Waals surface area contributed by atoms with E-state index in [1.807, 2.05) is 0 Å². The summed E-state index contributed by atoms with van der Waals surface area (Å²) in [5.74, 6) is 0.00906. The van der Waals surface area contributed by atoms with Crippen LogP contribution >= 0.6 is 0 Å². The standard InChI is InChI=1S/C15H16F2N4O2/c1-9-18-14(23-20-9)10-4-6-21(7-5-10)15(22)19-13-8-11(16)2-3-12(13)17/h2-3,8,10H,4-7H2,1H3,(H,19,22). The highest BCUT2D eigenvalue weighted by Crippen LogP contribution is 2.27. The van der Waals surface area contributed by atoms with E-state index in [1.165, 1.54) is 0 Å². The van der Waals surface area contributed by atoms with Gasteiger partial charge >= 0.3 is 6.03 Å². The highest BCUT2D eigenvalue weighted by Gasteiger charge is 2.27. The Labute approximate surface area is 131 Å². The summed E-state index contributed by atoms with van der Waals surface area (Å²) < 4.78 is 31.8. The van der Waals surface area contributed by atoms with Crippen LogP contribution in [0.2, 0.25) is 0 Å². The summed E-state index contributed by atoms with van der Waals surface area (Å²) in [4.78, 5) is 17.9. The van der Waals surface area contributed by atoms with Gasteiger partial charge in [-0.25, -0.2) is 13.6 Å². The molecule has 1 aliphatic heterocycles. The second-order valence-corrected chi connectivity index (χ2v) is 5.50. The smallest absolute Gasteiger partial charge is 0.321 e. The lowest BCUT2D eigenvalue weighted by Gasteiger charge is -2.30. The average molecular weight is 322 g/mol. The topological polar surface area (TPSA) is 71.3 Å². The van der Waals surface area contributed by atoms with Crippen molar-refractivity contribution in [3.05, 3.63) is 41.5 Å². The van der Waals surface area contributed by atoms with Crippen LogP contribution in [0, 0.1) is 18.6 Å². The van der Waals surface area contributed by atoms with E-state index in [4.69, 9.17) is 4.52 Å². The van der Waals surface area contributed by atoms with Crippen molar-refractivity contribution in [3.8, 4) is 0 Å². The third-order valence-corrected chi connectivity index (χ3v) is 3.84. The number of hydrogen-bond donors (Lipinski definition) is 1. The molecule has 23 heavy (non-hydrogen) atoms. The summed E-state index contributed by atoms with van der Waals surface area (Å²) in [6, 6.07) is 2.49. The number of carbonyl (C=O) groups is 1. The summed E-state index contributed by atoms with van der Waals surface area (Å²) in [5.41, 5.74) is -0.162. The van der Waals surface area contributed by atoms with Crippen LogP contribution in [0.15, 0.2) is 22.7 Å². The molecule has 0 aliphatic carbocycles. The number of piperidine rings is 1. The molecule has 6 nitrogen and oxygen atoms in total.